The largest absolute Gasteiger partial charge is 0.257 e. The van der Waals surface area contributed by atoms with Crippen molar-refractivity contribution >= 4 is 0 Å². The second-order valence-corrected chi connectivity index (χ2v) is 2.05. The van der Waals surface area contributed by atoms with Crippen LogP contribution in [0.25, 0.3) is 0 Å². The van der Waals surface area contributed by atoms with Gasteiger partial charge in [0, 0.05) is 0 Å². The molecular formula is C6H14N2O2. The third kappa shape index (κ3) is 4.26. The van der Waals surface area contributed by atoms with Crippen LogP contribution >= 0.6 is 0 Å². The maximum absolute atomic E-state index is 9.88. The molecule has 0 aliphatic heterocycles. The fourth-order valence-electron chi connectivity index (χ4n) is 0.663. The molecule has 4 nitrogen and oxygen atoms in total. The fraction of sp³-hybridized carbons (Fsp3) is 1.00. The van der Waals surface area contributed by atoms with Crippen molar-refractivity contribution in [3.63, 3.8) is 0 Å². The van der Waals surface area contributed by atoms with Crippen molar-refractivity contribution in [2.24, 2.45) is 5.29 Å². The average molecular weight is 146 g/mol. The molecule has 4 heteroatoms. The molecule has 0 saturated heterocycles. The lowest BCUT2D eigenvalue weighted by molar-refractivity contribution is -0.133. The minimum absolute atomic E-state index is 0.591. The zero-order valence-electron chi connectivity index (χ0n) is 6.54. The molecule has 0 aliphatic carbocycles. The molecule has 0 heterocycles. The highest BCUT2D eigenvalue weighted by Crippen LogP contribution is 1.97. The van der Waals surface area contributed by atoms with Crippen LogP contribution in [-0.4, -0.2) is 18.8 Å². The molecule has 0 aromatic carbocycles. The Kier molecular flexibility index (Phi) is 6.06. The molecule has 0 aliphatic rings. The Morgan fingerprint density at radius 2 is 2.20 bits per heavy atom. The lowest BCUT2D eigenvalue weighted by Gasteiger charge is -2.09. The molecule has 0 N–H and O–H groups in total. The molecule has 10 heavy (non-hydrogen) atoms. The van der Waals surface area contributed by atoms with Crippen molar-refractivity contribution in [1.82, 2.24) is 5.17 Å². The SMILES string of the molecule is CCCCCN(N=O)OC. The monoisotopic (exact) mass is 146 g/mol. The van der Waals surface area contributed by atoms with E-state index in [2.05, 4.69) is 17.0 Å². The Hall–Kier alpha value is -0.640. The number of hydroxylamine groups is 1. The molecule has 0 unspecified atom stereocenters. The molecule has 0 aromatic heterocycles. The lowest BCUT2D eigenvalue weighted by atomic mass is 10.2. The molecule has 0 amide bonds. The number of unbranched alkanes of at least 4 members (excludes halogenated alkanes) is 2. The van der Waals surface area contributed by atoms with E-state index < -0.39 is 0 Å². The third-order valence-corrected chi connectivity index (χ3v) is 1.25. The van der Waals surface area contributed by atoms with Crippen molar-refractivity contribution in [2.75, 3.05) is 13.7 Å². The molecule has 0 aromatic rings. The Morgan fingerprint density at radius 1 is 1.50 bits per heavy atom. The van der Waals surface area contributed by atoms with Crippen molar-refractivity contribution in [1.29, 1.82) is 0 Å². The first-order valence-corrected chi connectivity index (χ1v) is 3.50. The lowest BCUT2D eigenvalue weighted by Crippen LogP contribution is -2.15. The van der Waals surface area contributed by atoms with Gasteiger partial charge in [-0.3, -0.25) is 4.84 Å². The minimum atomic E-state index is 0.591. The number of nitroso groups, excluding NO2 is 1. The average Bonchev–Trinajstić information content (AvgIpc) is 1.99. The van der Waals surface area contributed by atoms with Crippen LogP contribution in [-0.2, 0) is 4.84 Å². The van der Waals surface area contributed by atoms with Crippen LogP contribution in [0.2, 0.25) is 0 Å². The van der Waals surface area contributed by atoms with Gasteiger partial charge in [0.2, 0.25) is 0 Å². The Morgan fingerprint density at radius 3 is 2.60 bits per heavy atom. The molecule has 0 radical (unpaired) electrons. The molecule has 0 spiro atoms. The second-order valence-electron chi connectivity index (χ2n) is 2.05. The molecule has 0 saturated carbocycles. The first-order valence-electron chi connectivity index (χ1n) is 3.50. The summed E-state index contributed by atoms with van der Waals surface area (Å²) in [5.41, 5.74) is 0. The highest BCUT2D eigenvalue weighted by molar-refractivity contribution is 4.40. The van der Waals surface area contributed by atoms with Gasteiger partial charge in [0.15, 0.2) is 0 Å². The van der Waals surface area contributed by atoms with E-state index in [1.807, 2.05) is 0 Å². The highest BCUT2D eigenvalue weighted by Gasteiger charge is 1.97. The van der Waals surface area contributed by atoms with Gasteiger partial charge in [-0.25, -0.2) is 0 Å². The molecule has 0 atom stereocenters. The summed E-state index contributed by atoms with van der Waals surface area (Å²) in [5.74, 6) is 0. The first-order chi connectivity index (χ1) is 4.85. The fourth-order valence-corrected chi connectivity index (χ4v) is 0.663. The van der Waals surface area contributed by atoms with Gasteiger partial charge >= 0.3 is 0 Å². The zero-order valence-corrected chi connectivity index (χ0v) is 6.54. The van der Waals surface area contributed by atoms with Gasteiger partial charge in [0.05, 0.1) is 18.9 Å². The maximum atomic E-state index is 9.88. The molecular weight excluding hydrogens is 132 g/mol. The number of hydrogen-bond donors (Lipinski definition) is 0. The van der Waals surface area contributed by atoms with Gasteiger partial charge in [-0.1, -0.05) is 19.8 Å². The summed E-state index contributed by atoms with van der Waals surface area (Å²) in [5, 5.41) is 3.69. The Balaban J connectivity index is 3.17. The number of rotatable bonds is 6. The summed E-state index contributed by atoms with van der Waals surface area (Å²) in [6, 6.07) is 0. The van der Waals surface area contributed by atoms with Gasteiger partial charge in [0.25, 0.3) is 0 Å². The van der Waals surface area contributed by atoms with E-state index in [4.69, 9.17) is 0 Å². The normalized spacial score (nSPS) is 9.40. The van der Waals surface area contributed by atoms with Crippen LogP contribution in [0, 0.1) is 4.91 Å². The second kappa shape index (κ2) is 6.48. The van der Waals surface area contributed by atoms with Gasteiger partial charge in [0.1, 0.15) is 0 Å². The smallest absolute Gasteiger partial charge is 0.0789 e. The van der Waals surface area contributed by atoms with E-state index in [-0.39, 0.29) is 0 Å². The van der Waals surface area contributed by atoms with Gasteiger partial charge in [-0.2, -0.15) is 0 Å². The van der Waals surface area contributed by atoms with E-state index in [1.165, 1.54) is 7.11 Å². The van der Waals surface area contributed by atoms with Crippen molar-refractivity contribution in [3.8, 4) is 0 Å². The molecule has 0 fully saturated rings. The van der Waals surface area contributed by atoms with E-state index in [9.17, 15) is 4.91 Å². The number of nitrogens with zero attached hydrogens (tertiary/aromatic N) is 2. The summed E-state index contributed by atoms with van der Waals surface area (Å²) in [6.07, 6.45) is 3.20. The summed E-state index contributed by atoms with van der Waals surface area (Å²) in [4.78, 5) is 14.5. The van der Waals surface area contributed by atoms with Gasteiger partial charge < -0.3 is 0 Å². The van der Waals surface area contributed by atoms with Crippen LogP contribution in [0.15, 0.2) is 5.29 Å². The van der Waals surface area contributed by atoms with Gasteiger partial charge in [-0.05, 0) is 6.42 Å². The predicted molar refractivity (Wildman–Crippen MR) is 39.0 cm³/mol. The molecule has 60 valence electrons. The molecule has 0 rings (SSSR count). The van der Waals surface area contributed by atoms with E-state index >= 15 is 0 Å². The quantitative estimate of drug-likeness (QED) is 0.325. The third-order valence-electron chi connectivity index (χ3n) is 1.25. The zero-order chi connectivity index (χ0) is 7.82. The van der Waals surface area contributed by atoms with Crippen molar-refractivity contribution < 1.29 is 4.84 Å². The van der Waals surface area contributed by atoms with Crippen LogP contribution in [0.4, 0.5) is 0 Å². The Bertz CT molecular complexity index is 87.8. The van der Waals surface area contributed by atoms with Crippen LogP contribution in [0.5, 0.6) is 0 Å². The van der Waals surface area contributed by atoms with E-state index in [0.717, 1.165) is 24.4 Å². The first kappa shape index (κ1) is 9.36. The predicted octanol–water partition coefficient (Wildman–Crippen LogP) is 1.72. The molecule has 0 bridgehead atoms. The minimum Gasteiger partial charge on any atom is -0.257 e. The Labute approximate surface area is 61.1 Å². The highest BCUT2D eigenvalue weighted by atomic mass is 16.7. The topological polar surface area (TPSA) is 41.9 Å². The summed E-state index contributed by atoms with van der Waals surface area (Å²) < 4.78 is 0. The van der Waals surface area contributed by atoms with E-state index in [1.54, 1.807) is 0 Å². The standard InChI is InChI=1S/C6H14N2O2/c1-3-4-5-6-8(7-9)10-2/h3-6H2,1-2H3. The summed E-state index contributed by atoms with van der Waals surface area (Å²) >= 11 is 0. The van der Waals surface area contributed by atoms with Crippen LogP contribution in [0.3, 0.4) is 0 Å². The van der Waals surface area contributed by atoms with E-state index in [0.29, 0.717) is 6.54 Å². The summed E-state index contributed by atoms with van der Waals surface area (Å²) in [6.45, 7) is 2.69. The van der Waals surface area contributed by atoms with Crippen molar-refractivity contribution in [2.45, 2.75) is 26.2 Å². The maximum Gasteiger partial charge on any atom is 0.0789 e. The van der Waals surface area contributed by atoms with Crippen molar-refractivity contribution in [3.05, 3.63) is 4.91 Å². The summed E-state index contributed by atoms with van der Waals surface area (Å²) in [7, 11) is 1.44. The van der Waals surface area contributed by atoms with Gasteiger partial charge in [-0.15, -0.1) is 10.1 Å². The van der Waals surface area contributed by atoms with Crippen LogP contribution < -0.4 is 0 Å². The number of hydrogen-bond acceptors (Lipinski definition) is 3. The van der Waals surface area contributed by atoms with Crippen LogP contribution in [0.1, 0.15) is 26.2 Å².